The number of benzene rings is 1. The Hall–Kier alpha value is -2.21. The third kappa shape index (κ3) is 2.31. The van der Waals surface area contributed by atoms with Gasteiger partial charge in [-0.3, -0.25) is 4.79 Å². The number of aromatic amines is 1. The van der Waals surface area contributed by atoms with Gasteiger partial charge in [0, 0.05) is 12.2 Å². The highest BCUT2D eigenvalue weighted by molar-refractivity contribution is 5.96. The molecule has 0 spiro atoms. The first-order valence-corrected chi connectivity index (χ1v) is 5.13. The van der Waals surface area contributed by atoms with Crippen LogP contribution < -0.4 is 5.73 Å². The minimum Gasteiger partial charge on any atom is -0.396 e. The van der Waals surface area contributed by atoms with Crippen molar-refractivity contribution in [2.24, 2.45) is 5.73 Å². The first kappa shape index (κ1) is 11.3. The molecule has 2 rings (SSSR count). The summed E-state index contributed by atoms with van der Waals surface area (Å²) in [6, 6.07) is 7.36. The van der Waals surface area contributed by atoms with E-state index in [1.807, 2.05) is 24.3 Å². The van der Waals surface area contributed by atoms with E-state index in [0.717, 1.165) is 11.1 Å². The molecule has 6 nitrogen and oxygen atoms in total. The van der Waals surface area contributed by atoms with Gasteiger partial charge in [-0.05, 0) is 12.0 Å². The van der Waals surface area contributed by atoms with Crippen molar-refractivity contribution in [3.8, 4) is 11.3 Å². The van der Waals surface area contributed by atoms with Crippen LogP contribution in [0.5, 0.6) is 0 Å². The summed E-state index contributed by atoms with van der Waals surface area (Å²) < 4.78 is 0. The maximum absolute atomic E-state index is 11.1. The second-order valence-electron chi connectivity index (χ2n) is 3.56. The number of nitrogens with zero attached hydrogens (tertiary/aromatic N) is 2. The fraction of sp³-hybridized carbons (Fsp3) is 0.182. The Morgan fingerprint density at radius 2 is 2.00 bits per heavy atom. The van der Waals surface area contributed by atoms with Crippen molar-refractivity contribution in [3.05, 3.63) is 35.5 Å². The number of hydrogen-bond acceptors (Lipinski definition) is 4. The standard InChI is InChI=1S/C11H12N4O2/c12-11(17)10-9(13-15-14-10)8-3-1-7(2-4-8)5-6-16/h1-4,16H,5-6H2,(H2,12,17)(H,13,14,15). The van der Waals surface area contributed by atoms with E-state index in [2.05, 4.69) is 15.4 Å². The zero-order chi connectivity index (χ0) is 12.3. The van der Waals surface area contributed by atoms with Crippen molar-refractivity contribution in [1.82, 2.24) is 15.4 Å². The molecular formula is C11H12N4O2. The summed E-state index contributed by atoms with van der Waals surface area (Å²) in [5.74, 6) is -0.617. The maximum Gasteiger partial charge on any atom is 0.271 e. The molecule has 0 fully saturated rings. The lowest BCUT2D eigenvalue weighted by Gasteiger charge is -2.01. The Balaban J connectivity index is 2.33. The van der Waals surface area contributed by atoms with E-state index in [1.165, 1.54) is 0 Å². The van der Waals surface area contributed by atoms with E-state index in [0.29, 0.717) is 12.1 Å². The third-order valence-electron chi connectivity index (χ3n) is 2.41. The van der Waals surface area contributed by atoms with E-state index >= 15 is 0 Å². The Kier molecular flexibility index (Phi) is 3.15. The number of H-pyrrole nitrogens is 1. The van der Waals surface area contributed by atoms with Gasteiger partial charge in [0.1, 0.15) is 5.69 Å². The number of aliphatic hydroxyl groups is 1. The summed E-state index contributed by atoms with van der Waals surface area (Å²) in [5, 5.41) is 18.8. The average molecular weight is 232 g/mol. The van der Waals surface area contributed by atoms with Gasteiger partial charge in [0.2, 0.25) is 0 Å². The summed E-state index contributed by atoms with van der Waals surface area (Å²) in [4.78, 5) is 11.1. The molecule has 0 bridgehead atoms. The molecule has 0 saturated carbocycles. The van der Waals surface area contributed by atoms with Crippen LogP contribution in [-0.4, -0.2) is 33.0 Å². The zero-order valence-corrected chi connectivity index (χ0v) is 9.05. The van der Waals surface area contributed by atoms with Gasteiger partial charge in [-0.15, -0.1) is 0 Å². The van der Waals surface area contributed by atoms with Gasteiger partial charge in [0.15, 0.2) is 5.69 Å². The predicted molar refractivity (Wildman–Crippen MR) is 61.1 cm³/mol. The summed E-state index contributed by atoms with van der Waals surface area (Å²) >= 11 is 0. The lowest BCUT2D eigenvalue weighted by Crippen LogP contribution is -2.12. The van der Waals surface area contributed by atoms with Crippen LogP contribution in [0.4, 0.5) is 0 Å². The number of amides is 1. The quantitative estimate of drug-likeness (QED) is 0.695. The second kappa shape index (κ2) is 4.75. The highest BCUT2D eigenvalue weighted by Gasteiger charge is 2.14. The summed E-state index contributed by atoms with van der Waals surface area (Å²) in [6.07, 6.45) is 0.599. The van der Waals surface area contributed by atoms with Crippen LogP contribution >= 0.6 is 0 Å². The lowest BCUT2D eigenvalue weighted by molar-refractivity contribution is 0.0996. The van der Waals surface area contributed by atoms with Crippen LogP contribution in [-0.2, 0) is 6.42 Å². The number of carbonyl (C=O) groups excluding carboxylic acids is 1. The molecule has 0 aliphatic heterocycles. The summed E-state index contributed by atoms with van der Waals surface area (Å²) in [5.41, 5.74) is 7.52. The smallest absolute Gasteiger partial charge is 0.271 e. The largest absolute Gasteiger partial charge is 0.396 e. The van der Waals surface area contributed by atoms with Crippen molar-refractivity contribution in [1.29, 1.82) is 0 Å². The number of carbonyl (C=O) groups is 1. The average Bonchev–Trinajstić information content (AvgIpc) is 2.79. The Morgan fingerprint density at radius 3 is 2.59 bits per heavy atom. The van der Waals surface area contributed by atoms with E-state index in [4.69, 9.17) is 10.8 Å². The summed E-state index contributed by atoms with van der Waals surface area (Å²) in [6.45, 7) is 0.107. The molecule has 88 valence electrons. The summed E-state index contributed by atoms with van der Waals surface area (Å²) in [7, 11) is 0. The molecule has 0 radical (unpaired) electrons. The number of nitrogens with two attached hydrogens (primary N) is 1. The Morgan fingerprint density at radius 1 is 1.29 bits per heavy atom. The topological polar surface area (TPSA) is 105 Å². The molecule has 0 aliphatic rings. The Bertz CT molecular complexity index is 519. The zero-order valence-electron chi connectivity index (χ0n) is 9.05. The number of aliphatic hydroxyl groups excluding tert-OH is 1. The van der Waals surface area contributed by atoms with Crippen molar-refractivity contribution >= 4 is 5.91 Å². The minimum absolute atomic E-state index is 0.107. The van der Waals surface area contributed by atoms with Gasteiger partial charge >= 0.3 is 0 Å². The lowest BCUT2D eigenvalue weighted by atomic mass is 10.1. The normalized spacial score (nSPS) is 10.4. The van der Waals surface area contributed by atoms with Crippen LogP contribution in [0, 0.1) is 0 Å². The Labute approximate surface area is 97.5 Å². The van der Waals surface area contributed by atoms with E-state index in [-0.39, 0.29) is 12.3 Å². The molecule has 1 heterocycles. The molecule has 1 amide bonds. The number of nitrogens with one attached hydrogen (secondary N) is 1. The first-order chi connectivity index (χ1) is 8.22. The second-order valence-corrected chi connectivity index (χ2v) is 3.56. The van der Waals surface area contributed by atoms with Gasteiger partial charge < -0.3 is 10.8 Å². The van der Waals surface area contributed by atoms with Crippen molar-refractivity contribution in [3.63, 3.8) is 0 Å². The molecule has 0 atom stereocenters. The van der Waals surface area contributed by atoms with Crippen LogP contribution in [0.25, 0.3) is 11.3 Å². The number of rotatable bonds is 4. The monoisotopic (exact) mass is 232 g/mol. The third-order valence-corrected chi connectivity index (χ3v) is 2.41. The highest BCUT2D eigenvalue weighted by atomic mass is 16.2. The minimum atomic E-state index is -0.617. The van der Waals surface area contributed by atoms with Crippen molar-refractivity contribution in [2.45, 2.75) is 6.42 Å². The van der Waals surface area contributed by atoms with Crippen LogP contribution in [0.3, 0.4) is 0 Å². The molecule has 0 aliphatic carbocycles. The molecule has 1 aromatic heterocycles. The molecule has 6 heteroatoms. The molecule has 2 aromatic rings. The molecule has 17 heavy (non-hydrogen) atoms. The molecule has 4 N–H and O–H groups in total. The number of hydrogen-bond donors (Lipinski definition) is 3. The number of aromatic nitrogens is 3. The van der Waals surface area contributed by atoms with Gasteiger partial charge in [-0.1, -0.05) is 24.3 Å². The molecule has 0 unspecified atom stereocenters. The highest BCUT2D eigenvalue weighted by Crippen LogP contribution is 2.19. The van der Waals surface area contributed by atoms with Crippen molar-refractivity contribution < 1.29 is 9.90 Å². The van der Waals surface area contributed by atoms with Gasteiger partial charge in [-0.2, -0.15) is 15.4 Å². The fourth-order valence-corrected chi connectivity index (χ4v) is 1.56. The molecule has 0 saturated heterocycles. The fourth-order valence-electron chi connectivity index (χ4n) is 1.56. The van der Waals surface area contributed by atoms with E-state index in [9.17, 15) is 4.79 Å². The predicted octanol–water partition coefficient (Wildman–Crippen LogP) is 0.105. The van der Waals surface area contributed by atoms with Gasteiger partial charge in [-0.25, -0.2) is 0 Å². The van der Waals surface area contributed by atoms with Crippen LogP contribution in [0.1, 0.15) is 16.1 Å². The SMILES string of the molecule is NC(=O)c1n[nH]nc1-c1ccc(CCO)cc1. The molecule has 1 aromatic carbocycles. The van der Waals surface area contributed by atoms with Gasteiger partial charge in [0.25, 0.3) is 5.91 Å². The van der Waals surface area contributed by atoms with Crippen molar-refractivity contribution in [2.75, 3.05) is 6.61 Å². The van der Waals surface area contributed by atoms with Gasteiger partial charge in [0.05, 0.1) is 0 Å². The maximum atomic E-state index is 11.1. The van der Waals surface area contributed by atoms with E-state index < -0.39 is 5.91 Å². The van der Waals surface area contributed by atoms with Crippen LogP contribution in [0.2, 0.25) is 0 Å². The molecular weight excluding hydrogens is 220 g/mol. The van der Waals surface area contributed by atoms with Crippen LogP contribution in [0.15, 0.2) is 24.3 Å². The first-order valence-electron chi connectivity index (χ1n) is 5.13. The number of primary amides is 1. The van der Waals surface area contributed by atoms with E-state index in [1.54, 1.807) is 0 Å².